The summed E-state index contributed by atoms with van der Waals surface area (Å²) in [5, 5.41) is 14.0. The zero-order valence-electron chi connectivity index (χ0n) is 9.36. The van der Waals surface area contributed by atoms with Crippen molar-refractivity contribution in [2.24, 2.45) is 0 Å². The molecule has 0 amide bonds. The molecule has 6 nitrogen and oxygen atoms in total. The molecule has 1 aliphatic heterocycles. The largest absolute Gasteiger partial charge is 0.378 e. The van der Waals surface area contributed by atoms with E-state index in [-0.39, 0.29) is 0 Å². The van der Waals surface area contributed by atoms with E-state index in [1.165, 1.54) is 0 Å². The Bertz CT molecular complexity index is 478. The maximum atomic E-state index is 5.32. The minimum absolute atomic E-state index is 0.716. The molecule has 0 atom stereocenters. The highest BCUT2D eigenvalue weighted by Gasteiger charge is 2.17. The second kappa shape index (κ2) is 4.50. The van der Waals surface area contributed by atoms with E-state index < -0.39 is 0 Å². The lowest BCUT2D eigenvalue weighted by Crippen LogP contribution is -2.45. The van der Waals surface area contributed by atoms with Gasteiger partial charge in [0.25, 0.3) is 0 Å². The van der Waals surface area contributed by atoms with E-state index in [9.17, 15) is 0 Å². The molecular formula is C11H13N5O. The van der Waals surface area contributed by atoms with E-state index in [4.69, 9.17) is 4.74 Å². The van der Waals surface area contributed by atoms with Crippen molar-refractivity contribution in [3.8, 4) is 11.4 Å². The Morgan fingerprint density at radius 2 is 1.82 bits per heavy atom. The Morgan fingerprint density at radius 1 is 1.06 bits per heavy atom. The fraction of sp³-hybridized carbons (Fsp3) is 0.364. The van der Waals surface area contributed by atoms with Crippen molar-refractivity contribution in [3.63, 3.8) is 0 Å². The molecule has 3 rings (SSSR count). The van der Waals surface area contributed by atoms with Crippen LogP contribution in [0.25, 0.3) is 11.4 Å². The normalized spacial score (nSPS) is 16.1. The average Bonchev–Trinajstić information content (AvgIpc) is 2.90. The van der Waals surface area contributed by atoms with Gasteiger partial charge in [0, 0.05) is 5.56 Å². The summed E-state index contributed by atoms with van der Waals surface area (Å²) >= 11 is 0. The van der Waals surface area contributed by atoms with E-state index in [0.29, 0.717) is 13.2 Å². The number of nitrogens with zero attached hydrogens (tertiary/aromatic N) is 5. The van der Waals surface area contributed by atoms with Crippen LogP contribution in [0.1, 0.15) is 0 Å². The number of hydrogen-bond acceptors (Lipinski definition) is 5. The fourth-order valence-electron chi connectivity index (χ4n) is 1.88. The van der Waals surface area contributed by atoms with Gasteiger partial charge in [-0.1, -0.05) is 30.3 Å². The zero-order chi connectivity index (χ0) is 11.5. The molecule has 2 aromatic rings. The quantitative estimate of drug-likeness (QED) is 0.744. The van der Waals surface area contributed by atoms with Crippen molar-refractivity contribution >= 4 is 0 Å². The van der Waals surface area contributed by atoms with E-state index in [1.807, 2.05) is 30.3 Å². The molecule has 17 heavy (non-hydrogen) atoms. The SMILES string of the molecule is c1ccc(-c2nnnn2N2CCOCC2)cc1. The summed E-state index contributed by atoms with van der Waals surface area (Å²) in [4.78, 5) is 1.76. The first-order valence-electron chi connectivity index (χ1n) is 5.62. The molecule has 2 heterocycles. The third-order valence-electron chi connectivity index (χ3n) is 2.74. The van der Waals surface area contributed by atoms with Crippen molar-refractivity contribution in [2.75, 3.05) is 31.3 Å². The van der Waals surface area contributed by atoms with Crippen LogP contribution in [0.15, 0.2) is 30.3 Å². The maximum absolute atomic E-state index is 5.32. The summed E-state index contributed by atoms with van der Waals surface area (Å²) in [6.07, 6.45) is 0. The number of tetrazole rings is 1. The van der Waals surface area contributed by atoms with Crippen molar-refractivity contribution in [1.29, 1.82) is 0 Å². The Morgan fingerprint density at radius 3 is 2.59 bits per heavy atom. The van der Waals surface area contributed by atoms with Gasteiger partial charge >= 0.3 is 0 Å². The van der Waals surface area contributed by atoms with E-state index in [2.05, 4.69) is 20.5 Å². The Kier molecular flexibility index (Phi) is 2.71. The molecule has 1 aliphatic rings. The summed E-state index contributed by atoms with van der Waals surface area (Å²) in [5.41, 5.74) is 1.02. The van der Waals surface area contributed by atoms with Crippen LogP contribution in [0.5, 0.6) is 0 Å². The summed E-state index contributed by atoms with van der Waals surface area (Å²) in [5.74, 6) is 0.771. The molecule has 1 saturated heterocycles. The number of morpholine rings is 1. The maximum Gasteiger partial charge on any atom is 0.204 e. The standard InChI is InChI=1S/C11H13N5O/c1-2-4-10(5-3-1)11-12-13-14-16(11)15-6-8-17-9-7-15/h1-5H,6-9H2. The first-order valence-corrected chi connectivity index (χ1v) is 5.62. The molecule has 0 saturated carbocycles. The van der Waals surface area contributed by atoms with Crippen LogP contribution in [0.4, 0.5) is 0 Å². The molecular weight excluding hydrogens is 218 g/mol. The number of benzene rings is 1. The molecule has 0 unspecified atom stereocenters. The monoisotopic (exact) mass is 231 g/mol. The molecule has 1 aromatic heterocycles. The van der Waals surface area contributed by atoms with Crippen LogP contribution in [-0.2, 0) is 4.74 Å². The van der Waals surface area contributed by atoms with Gasteiger partial charge in [0.1, 0.15) is 0 Å². The molecule has 0 bridgehead atoms. The summed E-state index contributed by atoms with van der Waals surface area (Å²) < 4.78 is 5.32. The number of rotatable bonds is 2. The molecule has 1 fully saturated rings. The topological polar surface area (TPSA) is 56.1 Å². The molecule has 1 aromatic carbocycles. The van der Waals surface area contributed by atoms with Crippen molar-refractivity contribution in [3.05, 3.63) is 30.3 Å². The lowest BCUT2D eigenvalue weighted by Gasteiger charge is -2.28. The lowest BCUT2D eigenvalue weighted by atomic mass is 10.2. The van der Waals surface area contributed by atoms with Gasteiger partial charge < -0.3 is 4.74 Å². The van der Waals surface area contributed by atoms with Crippen molar-refractivity contribution < 1.29 is 4.74 Å². The van der Waals surface area contributed by atoms with Crippen molar-refractivity contribution in [1.82, 2.24) is 20.3 Å². The highest BCUT2D eigenvalue weighted by molar-refractivity contribution is 5.54. The second-order valence-corrected chi connectivity index (χ2v) is 3.82. The lowest BCUT2D eigenvalue weighted by molar-refractivity contribution is 0.109. The highest BCUT2D eigenvalue weighted by Crippen LogP contribution is 2.15. The zero-order valence-corrected chi connectivity index (χ0v) is 9.36. The third-order valence-corrected chi connectivity index (χ3v) is 2.74. The fourth-order valence-corrected chi connectivity index (χ4v) is 1.88. The summed E-state index contributed by atoms with van der Waals surface area (Å²) in [7, 11) is 0. The van der Waals surface area contributed by atoms with Gasteiger partial charge in [0.2, 0.25) is 5.82 Å². The third kappa shape index (κ3) is 1.99. The van der Waals surface area contributed by atoms with Gasteiger partial charge in [0.15, 0.2) is 0 Å². The smallest absolute Gasteiger partial charge is 0.204 e. The van der Waals surface area contributed by atoms with E-state index >= 15 is 0 Å². The van der Waals surface area contributed by atoms with Crippen LogP contribution in [0.2, 0.25) is 0 Å². The second-order valence-electron chi connectivity index (χ2n) is 3.82. The molecule has 0 spiro atoms. The summed E-state index contributed by atoms with van der Waals surface area (Å²) in [6, 6.07) is 9.94. The van der Waals surface area contributed by atoms with Crippen LogP contribution in [0, 0.1) is 0 Å². The predicted molar refractivity (Wildman–Crippen MR) is 62.0 cm³/mol. The van der Waals surface area contributed by atoms with Gasteiger partial charge in [-0.2, -0.15) is 0 Å². The number of aromatic nitrogens is 4. The van der Waals surface area contributed by atoms with Crippen LogP contribution < -0.4 is 5.01 Å². The minimum Gasteiger partial charge on any atom is -0.378 e. The van der Waals surface area contributed by atoms with Gasteiger partial charge in [-0.05, 0) is 10.4 Å². The first kappa shape index (κ1) is 10.2. The van der Waals surface area contributed by atoms with Gasteiger partial charge in [-0.15, -0.1) is 9.89 Å². The van der Waals surface area contributed by atoms with Crippen molar-refractivity contribution in [2.45, 2.75) is 0 Å². The van der Waals surface area contributed by atoms with Crippen LogP contribution in [-0.4, -0.2) is 46.6 Å². The van der Waals surface area contributed by atoms with Crippen LogP contribution >= 0.6 is 0 Å². The molecule has 0 radical (unpaired) electrons. The number of ether oxygens (including phenoxy) is 1. The average molecular weight is 231 g/mol. The Labute approximate surface area is 98.8 Å². The Balaban J connectivity index is 1.93. The molecule has 0 aliphatic carbocycles. The summed E-state index contributed by atoms with van der Waals surface area (Å²) in [6.45, 7) is 3.05. The van der Waals surface area contributed by atoms with Gasteiger partial charge in [0.05, 0.1) is 26.3 Å². The number of hydrogen-bond donors (Lipinski definition) is 0. The first-order chi connectivity index (χ1) is 8.45. The molecule has 6 heteroatoms. The van der Waals surface area contributed by atoms with E-state index in [1.54, 1.807) is 4.79 Å². The Hall–Kier alpha value is -1.95. The van der Waals surface area contributed by atoms with E-state index in [0.717, 1.165) is 24.5 Å². The predicted octanol–water partition coefficient (Wildman–Crippen LogP) is 0.308. The molecule has 0 N–H and O–H groups in total. The molecule has 88 valence electrons. The van der Waals surface area contributed by atoms with Gasteiger partial charge in [-0.25, -0.2) is 0 Å². The minimum atomic E-state index is 0.716. The highest BCUT2D eigenvalue weighted by atomic mass is 16.5. The van der Waals surface area contributed by atoms with Crippen LogP contribution in [0.3, 0.4) is 0 Å². The van der Waals surface area contributed by atoms with Gasteiger partial charge in [-0.3, -0.25) is 5.01 Å².